The molecule has 0 amide bonds. The molecule has 0 heterocycles. The second-order valence-electron chi connectivity index (χ2n) is 5.26. The highest BCUT2D eigenvalue weighted by molar-refractivity contribution is 7.88. The molecule has 23 heavy (non-hydrogen) atoms. The van der Waals surface area contributed by atoms with Gasteiger partial charge >= 0.3 is 0 Å². The van der Waals surface area contributed by atoms with Crippen LogP contribution in [0.25, 0.3) is 0 Å². The van der Waals surface area contributed by atoms with E-state index in [4.69, 9.17) is 4.74 Å². The Hall–Kier alpha value is -1.89. The first-order valence-corrected chi connectivity index (χ1v) is 9.33. The largest absolute Gasteiger partial charge is 0.489 e. The zero-order valence-electron chi connectivity index (χ0n) is 13.2. The van der Waals surface area contributed by atoms with Crippen molar-refractivity contribution >= 4 is 10.0 Å². The lowest BCUT2D eigenvalue weighted by Crippen LogP contribution is -2.30. The molecule has 0 radical (unpaired) electrons. The summed E-state index contributed by atoms with van der Waals surface area (Å²) in [6.07, 6.45) is 1.15. The normalized spacial score (nSPS) is 11.3. The van der Waals surface area contributed by atoms with Crippen molar-refractivity contribution in [3.63, 3.8) is 0 Å². The zero-order valence-corrected chi connectivity index (χ0v) is 14.0. The number of hydrogen-bond acceptors (Lipinski definition) is 4. The van der Waals surface area contributed by atoms with Gasteiger partial charge in [0.15, 0.2) is 0 Å². The van der Waals surface area contributed by atoms with Gasteiger partial charge in [-0.1, -0.05) is 42.5 Å². The Morgan fingerprint density at radius 3 is 2.26 bits per heavy atom. The SMILES string of the molecule is CS(=O)(=O)NCCNCc1ccc(OCc2ccccc2)cc1. The summed E-state index contributed by atoms with van der Waals surface area (Å²) in [5, 5.41) is 3.18. The summed E-state index contributed by atoms with van der Waals surface area (Å²) in [4.78, 5) is 0. The lowest BCUT2D eigenvalue weighted by Gasteiger charge is -2.08. The quantitative estimate of drug-likeness (QED) is 0.688. The highest BCUT2D eigenvalue weighted by atomic mass is 32.2. The third-order valence-electron chi connectivity index (χ3n) is 3.17. The van der Waals surface area contributed by atoms with Gasteiger partial charge in [-0.15, -0.1) is 0 Å². The van der Waals surface area contributed by atoms with Crippen molar-refractivity contribution in [2.75, 3.05) is 19.3 Å². The Morgan fingerprint density at radius 1 is 0.913 bits per heavy atom. The fourth-order valence-corrected chi connectivity index (χ4v) is 2.47. The predicted octanol–water partition coefficient (Wildman–Crippen LogP) is 1.90. The molecule has 0 unspecified atom stereocenters. The molecule has 2 N–H and O–H groups in total. The summed E-state index contributed by atoms with van der Waals surface area (Å²) in [6, 6.07) is 17.9. The third kappa shape index (κ3) is 7.27. The van der Waals surface area contributed by atoms with Crippen molar-refractivity contribution in [3.8, 4) is 5.75 Å². The summed E-state index contributed by atoms with van der Waals surface area (Å²) < 4.78 is 30.0. The van der Waals surface area contributed by atoms with Crippen LogP contribution in [0.3, 0.4) is 0 Å². The van der Waals surface area contributed by atoms with E-state index < -0.39 is 10.0 Å². The van der Waals surface area contributed by atoms with E-state index in [1.165, 1.54) is 0 Å². The molecule has 0 atom stereocenters. The number of hydrogen-bond donors (Lipinski definition) is 2. The van der Waals surface area contributed by atoms with Gasteiger partial charge in [0.2, 0.25) is 10.0 Å². The van der Waals surface area contributed by atoms with Gasteiger partial charge in [-0.25, -0.2) is 13.1 Å². The second kappa shape index (κ2) is 8.67. The minimum absolute atomic E-state index is 0.386. The Labute approximate surface area is 137 Å². The maximum atomic E-state index is 10.9. The van der Waals surface area contributed by atoms with Gasteiger partial charge in [0.05, 0.1) is 6.26 Å². The molecule has 0 saturated carbocycles. The summed E-state index contributed by atoms with van der Waals surface area (Å²) >= 11 is 0. The minimum Gasteiger partial charge on any atom is -0.489 e. The molecule has 0 spiro atoms. The van der Waals surface area contributed by atoms with Crippen molar-refractivity contribution in [1.82, 2.24) is 10.0 Å². The van der Waals surface area contributed by atoms with Crippen molar-refractivity contribution in [2.45, 2.75) is 13.2 Å². The molecule has 0 aliphatic carbocycles. The van der Waals surface area contributed by atoms with Crippen molar-refractivity contribution < 1.29 is 13.2 Å². The fourth-order valence-electron chi connectivity index (χ4n) is 2.00. The van der Waals surface area contributed by atoms with Crippen LogP contribution >= 0.6 is 0 Å². The topological polar surface area (TPSA) is 67.4 Å². The van der Waals surface area contributed by atoms with Crippen LogP contribution in [0, 0.1) is 0 Å². The molecule has 6 heteroatoms. The van der Waals surface area contributed by atoms with E-state index in [1.54, 1.807) is 0 Å². The van der Waals surface area contributed by atoms with Gasteiger partial charge in [-0.2, -0.15) is 0 Å². The van der Waals surface area contributed by atoms with Crippen molar-refractivity contribution in [3.05, 3.63) is 65.7 Å². The van der Waals surface area contributed by atoms with Crippen LogP contribution < -0.4 is 14.8 Å². The monoisotopic (exact) mass is 334 g/mol. The van der Waals surface area contributed by atoms with E-state index in [1.807, 2.05) is 54.6 Å². The molecule has 124 valence electrons. The highest BCUT2D eigenvalue weighted by Crippen LogP contribution is 2.14. The number of sulfonamides is 1. The van der Waals surface area contributed by atoms with Gasteiger partial charge in [0, 0.05) is 19.6 Å². The zero-order chi connectivity index (χ0) is 16.5. The van der Waals surface area contributed by atoms with Gasteiger partial charge in [0.25, 0.3) is 0 Å². The average molecular weight is 334 g/mol. The van der Waals surface area contributed by atoms with Gasteiger partial charge in [-0.05, 0) is 23.3 Å². The van der Waals surface area contributed by atoms with E-state index in [0.717, 1.165) is 23.1 Å². The Bertz CT molecular complexity index is 686. The first-order valence-electron chi connectivity index (χ1n) is 7.44. The van der Waals surface area contributed by atoms with E-state index >= 15 is 0 Å². The first kappa shape index (κ1) is 17.5. The Balaban J connectivity index is 1.70. The van der Waals surface area contributed by atoms with E-state index in [0.29, 0.717) is 26.2 Å². The second-order valence-corrected chi connectivity index (χ2v) is 7.09. The molecular weight excluding hydrogens is 312 g/mol. The lowest BCUT2D eigenvalue weighted by atomic mass is 10.2. The molecule has 0 bridgehead atoms. The summed E-state index contributed by atoms with van der Waals surface area (Å²) in [5.41, 5.74) is 2.26. The number of nitrogens with one attached hydrogen (secondary N) is 2. The number of rotatable bonds is 9. The van der Waals surface area contributed by atoms with Crippen molar-refractivity contribution in [2.24, 2.45) is 0 Å². The molecule has 2 rings (SSSR count). The van der Waals surface area contributed by atoms with Gasteiger partial charge < -0.3 is 10.1 Å². The van der Waals surface area contributed by atoms with E-state index in [2.05, 4.69) is 10.0 Å². The smallest absolute Gasteiger partial charge is 0.208 e. The third-order valence-corrected chi connectivity index (χ3v) is 3.90. The maximum absolute atomic E-state index is 10.9. The lowest BCUT2D eigenvalue weighted by molar-refractivity contribution is 0.306. The molecule has 2 aromatic rings. The van der Waals surface area contributed by atoms with Crippen LogP contribution in [0.1, 0.15) is 11.1 Å². The van der Waals surface area contributed by atoms with Crippen LogP contribution in [-0.2, 0) is 23.2 Å². The molecule has 5 nitrogen and oxygen atoms in total. The van der Waals surface area contributed by atoms with E-state index in [9.17, 15) is 8.42 Å². The van der Waals surface area contributed by atoms with Crippen molar-refractivity contribution in [1.29, 1.82) is 0 Å². The molecule has 0 fully saturated rings. The van der Waals surface area contributed by atoms with Gasteiger partial charge in [0.1, 0.15) is 12.4 Å². The molecule has 2 aromatic carbocycles. The average Bonchev–Trinajstić information content (AvgIpc) is 2.54. The molecular formula is C17H22N2O3S. The number of ether oxygens (including phenoxy) is 1. The summed E-state index contributed by atoms with van der Waals surface area (Å²) in [6.45, 7) is 2.20. The number of benzene rings is 2. The summed E-state index contributed by atoms with van der Waals surface area (Å²) in [5.74, 6) is 0.830. The summed E-state index contributed by atoms with van der Waals surface area (Å²) in [7, 11) is -3.11. The molecule has 0 aliphatic rings. The molecule has 0 aromatic heterocycles. The molecule has 0 saturated heterocycles. The Morgan fingerprint density at radius 2 is 1.61 bits per heavy atom. The minimum atomic E-state index is -3.11. The first-order chi connectivity index (χ1) is 11.0. The maximum Gasteiger partial charge on any atom is 0.208 e. The van der Waals surface area contributed by atoms with Crippen LogP contribution in [0.2, 0.25) is 0 Å². The van der Waals surface area contributed by atoms with Gasteiger partial charge in [-0.3, -0.25) is 0 Å². The van der Waals surface area contributed by atoms with Crippen LogP contribution in [-0.4, -0.2) is 27.8 Å². The van der Waals surface area contributed by atoms with Crippen LogP contribution in [0.4, 0.5) is 0 Å². The standard InChI is InChI=1S/C17H22N2O3S/c1-23(20,21)19-12-11-18-13-15-7-9-17(10-8-15)22-14-16-5-3-2-4-6-16/h2-10,18-19H,11-14H2,1H3. The predicted molar refractivity (Wildman–Crippen MR) is 91.8 cm³/mol. The van der Waals surface area contributed by atoms with Crippen LogP contribution in [0.5, 0.6) is 5.75 Å². The molecule has 0 aliphatic heterocycles. The van der Waals surface area contributed by atoms with Crippen LogP contribution in [0.15, 0.2) is 54.6 Å². The fraction of sp³-hybridized carbons (Fsp3) is 0.294. The highest BCUT2D eigenvalue weighted by Gasteiger charge is 1.99. The van der Waals surface area contributed by atoms with E-state index in [-0.39, 0.29) is 0 Å². The Kier molecular flexibility index (Phi) is 6.58.